The highest BCUT2D eigenvalue weighted by molar-refractivity contribution is 5.93. The second-order valence-electron chi connectivity index (χ2n) is 4.93. The van der Waals surface area contributed by atoms with Gasteiger partial charge in [-0.2, -0.15) is 0 Å². The molecule has 0 aliphatic rings. The van der Waals surface area contributed by atoms with Crippen molar-refractivity contribution in [1.82, 2.24) is 9.88 Å². The van der Waals surface area contributed by atoms with Crippen LogP contribution in [0.1, 0.15) is 50.0 Å². The van der Waals surface area contributed by atoms with Crippen LogP contribution >= 0.6 is 0 Å². The molecular formula is C15H27N3O2. The molecule has 1 aromatic rings. The molecule has 5 heteroatoms. The molecule has 3 N–H and O–H groups in total. The summed E-state index contributed by atoms with van der Waals surface area (Å²) in [4.78, 5) is 12.1. The molecule has 0 spiro atoms. The number of hydrogen-bond acceptors (Lipinski definition) is 3. The fourth-order valence-electron chi connectivity index (χ4n) is 1.96. The van der Waals surface area contributed by atoms with Crippen LogP contribution in [0, 0.1) is 0 Å². The summed E-state index contributed by atoms with van der Waals surface area (Å²) in [6.45, 7) is 7.15. The largest absolute Gasteiger partial charge is 0.397 e. The molecule has 0 saturated heterocycles. The number of aromatic nitrogens is 1. The van der Waals surface area contributed by atoms with Crippen LogP contribution in [0.15, 0.2) is 12.3 Å². The van der Waals surface area contributed by atoms with Gasteiger partial charge in [0.2, 0.25) is 0 Å². The van der Waals surface area contributed by atoms with Gasteiger partial charge in [0, 0.05) is 32.5 Å². The molecule has 114 valence electrons. The van der Waals surface area contributed by atoms with Gasteiger partial charge in [-0.15, -0.1) is 0 Å². The van der Waals surface area contributed by atoms with E-state index in [4.69, 9.17) is 10.5 Å². The molecule has 0 atom stereocenters. The number of unbranched alkanes of at least 4 members (excludes halogenated alkanes) is 1. The summed E-state index contributed by atoms with van der Waals surface area (Å²) in [7, 11) is 0. The molecule has 0 radical (unpaired) electrons. The number of carbonyl (C=O) groups excluding carboxylic acids is 1. The van der Waals surface area contributed by atoms with Crippen LogP contribution in [0.3, 0.4) is 0 Å². The Kier molecular flexibility index (Phi) is 7.80. The van der Waals surface area contributed by atoms with Crippen molar-refractivity contribution in [2.45, 2.75) is 46.1 Å². The van der Waals surface area contributed by atoms with Crippen LogP contribution in [0.5, 0.6) is 0 Å². The van der Waals surface area contributed by atoms with E-state index >= 15 is 0 Å². The summed E-state index contributed by atoms with van der Waals surface area (Å²) in [5.41, 5.74) is 7.02. The number of hydrogen-bond donors (Lipinski definition) is 2. The van der Waals surface area contributed by atoms with Crippen LogP contribution in [0.4, 0.5) is 5.69 Å². The number of nitrogens with two attached hydrogens (primary N) is 1. The van der Waals surface area contributed by atoms with Gasteiger partial charge < -0.3 is 20.4 Å². The molecule has 0 fully saturated rings. The third kappa shape index (κ3) is 5.65. The van der Waals surface area contributed by atoms with Gasteiger partial charge in [0.15, 0.2) is 0 Å². The van der Waals surface area contributed by atoms with Crippen LogP contribution in [0.25, 0.3) is 0 Å². The average molecular weight is 281 g/mol. The Labute approximate surface area is 121 Å². The summed E-state index contributed by atoms with van der Waals surface area (Å²) in [5, 5.41) is 2.91. The van der Waals surface area contributed by atoms with Gasteiger partial charge >= 0.3 is 0 Å². The number of aryl methyl sites for hydroxylation is 1. The Bertz CT molecular complexity index is 402. The predicted octanol–water partition coefficient (Wildman–Crippen LogP) is 2.42. The predicted molar refractivity (Wildman–Crippen MR) is 81.8 cm³/mol. The van der Waals surface area contributed by atoms with E-state index in [0.717, 1.165) is 38.8 Å². The zero-order valence-electron chi connectivity index (χ0n) is 12.7. The number of anilines is 1. The number of carbonyl (C=O) groups is 1. The molecular weight excluding hydrogens is 254 g/mol. The van der Waals surface area contributed by atoms with Crippen molar-refractivity contribution in [2.24, 2.45) is 0 Å². The Morgan fingerprint density at radius 3 is 2.75 bits per heavy atom. The van der Waals surface area contributed by atoms with Gasteiger partial charge in [0.05, 0.1) is 5.69 Å². The Hall–Kier alpha value is -1.49. The molecule has 20 heavy (non-hydrogen) atoms. The molecule has 0 aromatic carbocycles. The van der Waals surface area contributed by atoms with E-state index < -0.39 is 0 Å². The second-order valence-corrected chi connectivity index (χ2v) is 4.93. The Morgan fingerprint density at radius 1 is 1.30 bits per heavy atom. The van der Waals surface area contributed by atoms with Crippen molar-refractivity contribution in [3.05, 3.63) is 18.0 Å². The van der Waals surface area contributed by atoms with E-state index in [1.807, 2.05) is 10.8 Å². The summed E-state index contributed by atoms with van der Waals surface area (Å²) in [6.07, 6.45) is 5.86. The minimum Gasteiger partial charge on any atom is -0.397 e. The van der Waals surface area contributed by atoms with E-state index in [9.17, 15) is 4.79 Å². The van der Waals surface area contributed by atoms with Gasteiger partial charge in [0.1, 0.15) is 5.69 Å². The van der Waals surface area contributed by atoms with Gasteiger partial charge in [-0.1, -0.05) is 20.3 Å². The normalized spacial score (nSPS) is 10.7. The zero-order chi connectivity index (χ0) is 14.8. The van der Waals surface area contributed by atoms with E-state index in [1.165, 1.54) is 0 Å². The fraction of sp³-hybridized carbons (Fsp3) is 0.667. The topological polar surface area (TPSA) is 69.3 Å². The maximum atomic E-state index is 12.1. The number of nitrogens with zero attached hydrogens (tertiary/aromatic N) is 1. The maximum absolute atomic E-state index is 12.1. The SMILES string of the molecule is CCCCOCCCNC(=O)c1cc(N)cn1CCC. The van der Waals surface area contributed by atoms with Crippen molar-refractivity contribution in [3.63, 3.8) is 0 Å². The number of nitrogen functional groups attached to an aromatic ring is 1. The molecule has 1 amide bonds. The lowest BCUT2D eigenvalue weighted by Crippen LogP contribution is -2.27. The first-order valence-electron chi connectivity index (χ1n) is 7.50. The summed E-state index contributed by atoms with van der Waals surface area (Å²) in [5.74, 6) is -0.0660. The number of ether oxygens (including phenoxy) is 1. The Morgan fingerprint density at radius 2 is 2.05 bits per heavy atom. The van der Waals surface area contributed by atoms with Crippen LogP contribution in [0.2, 0.25) is 0 Å². The van der Waals surface area contributed by atoms with Gasteiger partial charge in [-0.05, 0) is 25.3 Å². The molecule has 5 nitrogen and oxygen atoms in total. The van der Waals surface area contributed by atoms with Crippen LogP contribution < -0.4 is 11.1 Å². The molecule has 0 aliphatic heterocycles. The molecule has 1 aromatic heterocycles. The van der Waals surface area contributed by atoms with E-state index in [0.29, 0.717) is 24.5 Å². The highest BCUT2D eigenvalue weighted by Gasteiger charge is 2.11. The molecule has 1 rings (SSSR count). The lowest BCUT2D eigenvalue weighted by atomic mass is 10.3. The second kappa shape index (κ2) is 9.42. The summed E-state index contributed by atoms with van der Waals surface area (Å²) < 4.78 is 7.36. The monoisotopic (exact) mass is 281 g/mol. The standard InChI is InChI=1S/C15H27N3O2/c1-3-5-9-20-10-6-7-17-15(19)14-11-13(16)12-18(14)8-4-2/h11-12H,3-10,16H2,1-2H3,(H,17,19). The van der Waals surface area contributed by atoms with Gasteiger partial charge in [0.25, 0.3) is 5.91 Å². The quantitative estimate of drug-likeness (QED) is 0.647. The lowest BCUT2D eigenvalue weighted by molar-refractivity contribution is 0.0931. The molecule has 0 saturated carbocycles. The highest BCUT2D eigenvalue weighted by Crippen LogP contribution is 2.11. The van der Waals surface area contributed by atoms with Gasteiger partial charge in [-0.3, -0.25) is 4.79 Å². The van der Waals surface area contributed by atoms with E-state index in [2.05, 4.69) is 19.2 Å². The minimum atomic E-state index is -0.0660. The van der Waals surface area contributed by atoms with Crippen molar-refractivity contribution in [1.29, 1.82) is 0 Å². The molecule has 0 bridgehead atoms. The average Bonchev–Trinajstić information content (AvgIpc) is 2.79. The fourth-order valence-corrected chi connectivity index (χ4v) is 1.96. The molecule has 0 unspecified atom stereocenters. The van der Waals surface area contributed by atoms with E-state index in [-0.39, 0.29) is 5.91 Å². The first-order valence-corrected chi connectivity index (χ1v) is 7.50. The third-order valence-corrected chi connectivity index (χ3v) is 3.01. The smallest absolute Gasteiger partial charge is 0.267 e. The van der Waals surface area contributed by atoms with Crippen molar-refractivity contribution >= 4 is 11.6 Å². The molecule has 0 aliphatic carbocycles. The molecule has 1 heterocycles. The maximum Gasteiger partial charge on any atom is 0.267 e. The highest BCUT2D eigenvalue weighted by atomic mass is 16.5. The summed E-state index contributed by atoms with van der Waals surface area (Å²) in [6, 6.07) is 1.72. The first-order chi connectivity index (χ1) is 9.69. The summed E-state index contributed by atoms with van der Waals surface area (Å²) >= 11 is 0. The van der Waals surface area contributed by atoms with Crippen LogP contribution in [-0.4, -0.2) is 30.2 Å². The lowest BCUT2D eigenvalue weighted by Gasteiger charge is -2.08. The zero-order valence-corrected chi connectivity index (χ0v) is 12.7. The van der Waals surface area contributed by atoms with Crippen molar-refractivity contribution in [2.75, 3.05) is 25.5 Å². The first kappa shape index (κ1) is 16.6. The third-order valence-electron chi connectivity index (χ3n) is 3.01. The van der Waals surface area contributed by atoms with Gasteiger partial charge in [-0.25, -0.2) is 0 Å². The number of nitrogens with one attached hydrogen (secondary N) is 1. The number of amides is 1. The van der Waals surface area contributed by atoms with Crippen molar-refractivity contribution in [3.8, 4) is 0 Å². The number of rotatable bonds is 10. The minimum absolute atomic E-state index is 0.0660. The van der Waals surface area contributed by atoms with Crippen LogP contribution in [-0.2, 0) is 11.3 Å². The van der Waals surface area contributed by atoms with Crippen molar-refractivity contribution < 1.29 is 9.53 Å². The van der Waals surface area contributed by atoms with E-state index in [1.54, 1.807) is 6.07 Å². The Balaban J connectivity index is 2.28.